The molecule has 2 rings (SSSR count). The molecule has 1 aromatic heterocycles. The first kappa shape index (κ1) is 14.1. The Morgan fingerprint density at radius 2 is 2.05 bits per heavy atom. The van der Waals surface area contributed by atoms with Crippen LogP contribution in [0.4, 0.5) is 5.69 Å². The summed E-state index contributed by atoms with van der Waals surface area (Å²) in [5, 5.41) is 17.9. The fourth-order valence-corrected chi connectivity index (χ4v) is 2.70. The van der Waals surface area contributed by atoms with Crippen molar-refractivity contribution in [2.24, 2.45) is 0 Å². The van der Waals surface area contributed by atoms with Gasteiger partial charge >= 0.3 is 0 Å². The number of nitrogens with zero attached hydrogens (tertiary/aromatic N) is 2. The van der Waals surface area contributed by atoms with Crippen LogP contribution in [-0.4, -0.2) is 18.5 Å². The summed E-state index contributed by atoms with van der Waals surface area (Å²) in [6, 6.07) is 8.22. The highest BCUT2D eigenvalue weighted by molar-refractivity contribution is 7.92. The average molecular weight is 310 g/mol. The summed E-state index contributed by atoms with van der Waals surface area (Å²) in [5.41, 5.74) is 0.250. The minimum Gasteiger partial charge on any atom is -0.508 e. The molecule has 0 saturated carbocycles. The molecular formula is C12H8ClN3O3S. The Balaban J connectivity index is 2.33. The molecular weight excluding hydrogens is 302 g/mol. The van der Waals surface area contributed by atoms with Gasteiger partial charge in [-0.2, -0.15) is 5.26 Å². The lowest BCUT2D eigenvalue weighted by molar-refractivity contribution is 0.475. The number of aromatic hydroxyl groups is 1. The van der Waals surface area contributed by atoms with E-state index in [1.165, 1.54) is 30.3 Å². The van der Waals surface area contributed by atoms with Crippen LogP contribution < -0.4 is 4.72 Å². The summed E-state index contributed by atoms with van der Waals surface area (Å²) in [7, 11) is -3.86. The maximum absolute atomic E-state index is 12.1. The number of halogens is 1. The molecule has 2 aromatic rings. The molecule has 102 valence electrons. The van der Waals surface area contributed by atoms with E-state index in [0.717, 1.165) is 6.20 Å². The molecule has 0 aliphatic heterocycles. The second-order valence-electron chi connectivity index (χ2n) is 3.76. The van der Waals surface area contributed by atoms with Crippen LogP contribution in [0.3, 0.4) is 0 Å². The van der Waals surface area contributed by atoms with Crippen LogP contribution in [0, 0.1) is 11.3 Å². The van der Waals surface area contributed by atoms with Gasteiger partial charge in [-0.25, -0.2) is 13.4 Å². The Hall–Kier alpha value is -2.30. The van der Waals surface area contributed by atoms with Crippen molar-refractivity contribution in [3.05, 3.63) is 47.2 Å². The predicted molar refractivity (Wildman–Crippen MR) is 72.9 cm³/mol. The minimum atomic E-state index is -3.86. The highest BCUT2D eigenvalue weighted by Crippen LogP contribution is 2.27. The Kier molecular flexibility index (Phi) is 3.79. The molecule has 2 N–H and O–H groups in total. The van der Waals surface area contributed by atoms with E-state index in [0.29, 0.717) is 0 Å². The fraction of sp³-hybridized carbons (Fsp3) is 0. The minimum absolute atomic E-state index is 0.0650. The van der Waals surface area contributed by atoms with E-state index in [9.17, 15) is 13.5 Å². The van der Waals surface area contributed by atoms with Gasteiger partial charge in [0.2, 0.25) is 0 Å². The van der Waals surface area contributed by atoms with Crippen molar-refractivity contribution in [1.29, 1.82) is 5.26 Å². The molecule has 6 nitrogen and oxygen atoms in total. The number of anilines is 1. The van der Waals surface area contributed by atoms with Crippen LogP contribution in [0.1, 0.15) is 5.69 Å². The fourth-order valence-electron chi connectivity index (χ4n) is 1.40. The molecule has 20 heavy (non-hydrogen) atoms. The van der Waals surface area contributed by atoms with Crippen LogP contribution >= 0.6 is 11.6 Å². The summed E-state index contributed by atoms with van der Waals surface area (Å²) >= 11 is 5.83. The lowest BCUT2D eigenvalue weighted by Gasteiger charge is -2.09. The molecule has 0 unspecified atom stereocenters. The number of sulfonamides is 1. The largest absolute Gasteiger partial charge is 0.508 e. The number of hydrogen-bond acceptors (Lipinski definition) is 5. The number of hydrogen-bond donors (Lipinski definition) is 2. The van der Waals surface area contributed by atoms with Gasteiger partial charge in [0, 0.05) is 12.3 Å². The van der Waals surface area contributed by atoms with Crippen molar-refractivity contribution in [2.45, 2.75) is 4.90 Å². The van der Waals surface area contributed by atoms with Crippen LogP contribution in [-0.2, 0) is 10.0 Å². The van der Waals surface area contributed by atoms with E-state index in [1.807, 2.05) is 0 Å². The van der Waals surface area contributed by atoms with E-state index < -0.39 is 10.0 Å². The van der Waals surface area contributed by atoms with Crippen molar-refractivity contribution in [3.8, 4) is 11.8 Å². The summed E-state index contributed by atoms with van der Waals surface area (Å²) in [5.74, 6) is -0.0713. The normalized spacial score (nSPS) is 10.8. The van der Waals surface area contributed by atoms with Crippen LogP contribution in [0.25, 0.3) is 0 Å². The third kappa shape index (κ3) is 2.99. The number of aromatic nitrogens is 1. The molecule has 0 bridgehead atoms. The number of phenolic OH excluding ortho intramolecular Hbond substituents is 1. The first-order valence-electron chi connectivity index (χ1n) is 5.30. The zero-order chi connectivity index (χ0) is 14.8. The zero-order valence-electron chi connectivity index (χ0n) is 9.91. The van der Waals surface area contributed by atoms with Crippen molar-refractivity contribution in [1.82, 2.24) is 4.98 Å². The van der Waals surface area contributed by atoms with Gasteiger partial charge in [0.15, 0.2) is 0 Å². The topological polar surface area (TPSA) is 103 Å². The number of benzene rings is 1. The van der Waals surface area contributed by atoms with E-state index in [1.54, 1.807) is 6.07 Å². The highest BCUT2D eigenvalue weighted by atomic mass is 35.5. The predicted octanol–water partition coefficient (Wildman–Crippen LogP) is 2.11. The molecule has 1 heterocycles. The Morgan fingerprint density at radius 3 is 2.60 bits per heavy atom. The molecule has 0 fully saturated rings. The van der Waals surface area contributed by atoms with E-state index >= 15 is 0 Å². The summed E-state index contributed by atoms with van der Waals surface area (Å²) in [6.45, 7) is 0. The SMILES string of the molecule is N#Cc1ccc(S(=O)(=O)Nc2ccc(O)cc2Cl)cn1. The average Bonchev–Trinajstić information content (AvgIpc) is 2.42. The summed E-state index contributed by atoms with van der Waals surface area (Å²) < 4.78 is 26.4. The van der Waals surface area contributed by atoms with Crippen molar-refractivity contribution in [2.75, 3.05) is 4.72 Å². The van der Waals surface area contributed by atoms with Gasteiger partial charge in [0.1, 0.15) is 22.4 Å². The number of rotatable bonds is 3. The molecule has 8 heteroatoms. The summed E-state index contributed by atoms with van der Waals surface area (Å²) in [4.78, 5) is 3.59. The van der Waals surface area contributed by atoms with E-state index in [4.69, 9.17) is 16.9 Å². The lowest BCUT2D eigenvalue weighted by Crippen LogP contribution is -2.13. The standard InChI is InChI=1S/C12H8ClN3O3S/c13-11-5-9(17)2-4-12(11)16-20(18,19)10-3-1-8(6-14)15-7-10/h1-5,7,16-17H. The summed E-state index contributed by atoms with van der Waals surface area (Å²) in [6.07, 6.45) is 1.08. The molecule has 0 radical (unpaired) electrons. The molecule has 0 aliphatic carbocycles. The second kappa shape index (κ2) is 5.36. The van der Waals surface area contributed by atoms with Crippen molar-refractivity contribution in [3.63, 3.8) is 0 Å². The van der Waals surface area contributed by atoms with Crippen LogP contribution in [0.2, 0.25) is 5.02 Å². The third-order valence-corrected chi connectivity index (χ3v) is 4.02. The number of nitriles is 1. The van der Waals surface area contributed by atoms with Gasteiger partial charge in [-0.05, 0) is 24.3 Å². The smallest absolute Gasteiger partial charge is 0.263 e. The first-order chi connectivity index (χ1) is 9.42. The molecule has 0 atom stereocenters. The van der Waals surface area contributed by atoms with Crippen LogP contribution in [0.5, 0.6) is 5.75 Å². The molecule has 1 aromatic carbocycles. The number of phenols is 1. The Morgan fingerprint density at radius 1 is 1.30 bits per heavy atom. The van der Waals surface area contributed by atoms with Crippen molar-refractivity contribution < 1.29 is 13.5 Å². The van der Waals surface area contributed by atoms with Crippen molar-refractivity contribution >= 4 is 27.3 Å². The Labute approximate surface area is 120 Å². The van der Waals surface area contributed by atoms with E-state index in [-0.39, 0.29) is 27.0 Å². The Bertz CT molecular complexity index is 783. The number of pyridine rings is 1. The molecule has 0 saturated heterocycles. The monoisotopic (exact) mass is 309 g/mol. The zero-order valence-corrected chi connectivity index (χ0v) is 11.5. The lowest BCUT2D eigenvalue weighted by atomic mass is 10.3. The van der Waals surface area contributed by atoms with Gasteiger partial charge in [-0.15, -0.1) is 0 Å². The molecule has 0 aliphatic rings. The number of nitrogens with one attached hydrogen (secondary N) is 1. The first-order valence-corrected chi connectivity index (χ1v) is 7.16. The van der Waals surface area contributed by atoms with Gasteiger partial charge in [0.25, 0.3) is 10.0 Å². The van der Waals surface area contributed by atoms with Gasteiger partial charge in [-0.1, -0.05) is 11.6 Å². The maximum Gasteiger partial charge on any atom is 0.263 e. The maximum atomic E-state index is 12.1. The van der Waals surface area contributed by atoms with Gasteiger partial charge in [0.05, 0.1) is 10.7 Å². The molecule has 0 amide bonds. The third-order valence-electron chi connectivity index (χ3n) is 2.36. The quantitative estimate of drug-likeness (QED) is 0.845. The van der Waals surface area contributed by atoms with Gasteiger partial charge < -0.3 is 5.11 Å². The highest BCUT2D eigenvalue weighted by Gasteiger charge is 2.16. The van der Waals surface area contributed by atoms with Crippen LogP contribution in [0.15, 0.2) is 41.4 Å². The van der Waals surface area contributed by atoms with Gasteiger partial charge in [-0.3, -0.25) is 4.72 Å². The second-order valence-corrected chi connectivity index (χ2v) is 5.85. The molecule has 0 spiro atoms. The van der Waals surface area contributed by atoms with E-state index in [2.05, 4.69) is 9.71 Å².